The van der Waals surface area contributed by atoms with E-state index in [1.54, 1.807) is 24.9 Å². The van der Waals surface area contributed by atoms with E-state index in [9.17, 15) is 0 Å². The normalized spacial score (nSPS) is 16.4. The van der Waals surface area contributed by atoms with Crippen LogP contribution in [0.5, 0.6) is 5.88 Å². The molecule has 0 spiro atoms. The number of rotatable bonds is 3. The van der Waals surface area contributed by atoms with Gasteiger partial charge in [-0.15, -0.1) is 0 Å². The van der Waals surface area contributed by atoms with Crippen LogP contribution >= 0.6 is 11.8 Å². The molecule has 0 unspecified atom stereocenters. The Morgan fingerprint density at radius 2 is 2.36 bits per heavy atom. The third-order valence-electron chi connectivity index (χ3n) is 1.80. The SMILES string of the molecule is COc1cc(SC2COC2)nc(N)n1. The first kappa shape index (κ1) is 9.54. The third kappa shape index (κ3) is 2.08. The van der Waals surface area contributed by atoms with E-state index in [0.717, 1.165) is 18.2 Å². The van der Waals surface area contributed by atoms with Crippen LogP contribution in [0.25, 0.3) is 0 Å². The van der Waals surface area contributed by atoms with Crippen molar-refractivity contribution in [2.75, 3.05) is 26.1 Å². The van der Waals surface area contributed by atoms with Gasteiger partial charge in [0.25, 0.3) is 0 Å². The Labute approximate surface area is 86.0 Å². The number of thioether (sulfide) groups is 1. The number of methoxy groups -OCH3 is 1. The van der Waals surface area contributed by atoms with Crippen molar-refractivity contribution in [2.45, 2.75) is 10.3 Å². The second-order valence-electron chi connectivity index (χ2n) is 2.88. The molecule has 1 aliphatic rings. The van der Waals surface area contributed by atoms with Crippen LogP contribution in [-0.4, -0.2) is 35.5 Å². The van der Waals surface area contributed by atoms with Gasteiger partial charge in [-0.2, -0.15) is 4.98 Å². The van der Waals surface area contributed by atoms with E-state index in [-0.39, 0.29) is 5.95 Å². The fourth-order valence-electron chi connectivity index (χ4n) is 1.04. The first-order valence-electron chi connectivity index (χ1n) is 4.21. The molecular weight excluding hydrogens is 202 g/mol. The molecule has 1 fully saturated rings. The maximum atomic E-state index is 5.52. The number of nitrogen functional groups attached to an aromatic ring is 1. The molecule has 1 aromatic rings. The van der Waals surface area contributed by atoms with Crippen LogP contribution in [0.15, 0.2) is 11.1 Å². The maximum Gasteiger partial charge on any atom is 0.224 e. The van der Waals surface area contributed by atoms with E-state index in [0.29, 0.717) is 11.1 Å². The predicted octanol–water partition coefficient (Wildman–Crippen LogP) is 0.558. The van der Waals surface area contributed by atoms with E-state index in [1.165, 1.54) is 0 Å². The lowest BCUT2D eigenvalue weighted by atomic mass is 10.4. The highest BCUT2D eigenvalue weighted by Crippen LogP contribution is 2.28. The van der Waals surface area contributed by atoms with Crippen molar-refractivity contribution in [3.8, 4) is 5.88 Å². The lowest BCUT2D eigenvalue weighted by molar-refractivity contribution is 0.0454. The highest BCUT2D eigenvalue weighted by Gasteiger charge is 2.20. The van der Waals surface area contributed by atoms with Gasteiger partial charge in [0, 0.05) is 6.07 Å². The Morgan fingerprint density at radius 1 is 1.57 bits per heavy atom. The van der Waals surface area contributed by atoms with Gasteiger partial charge in [-0.25, -0.2) is 4.98 Å². The van der Waals surface area contributed by atoms with Crippen LogP contribution in [0.1, 0.15) is 0 Å². The zero-order chi connectivity index (χ0) is 9.97. The molecular formula is C8H11N3O2S. The zero-order valence-corrected chi connectivity index (χ0v) is 8.58. The summed E-state index contributed by atoms with van der Waals surface area (Å²) in [6, 6.07) is 1.78. The topological polar surface area (TPSA) is 70.3 Å². The Balaban J connectivity index is 2.11. The standard InChI is InChI=1S/C8H11N3O2S/c1-12-6-2-7(11-8(9)10-6)14-5-3-13-4-5/h2,5H,3-4H2,1H3,(H2,9,10,11). The van der Waals surface area contributed by atoms with Crippen molar-refractivity contribution in [2.24, 2.45) is 0 Å². The van der Waals surface area contributed by atoms with E-state index < -0.39 is 0 Å². The second kappa shape index (κ2) is 4.02. The minimum absolute atomic E-state index is 0.243. The number of aromatic nitrogens is 2. The molecule has 2 rings (SSSR count). The lowest BCUT2D eigenvalue weighted by Gasteiger charge is -2.24. The van der Waals surface area contributed by atoms with Gasteiger partial charge >= 0.3 is 0 Å². The summed E-state index contributed by atoms with van der Waals surface area (Å²) in [5.41, 5.74) is 5.52. The fraction of sp³-hybridized carbons (Fsp3) is 0.500. The average molecular weight is 213 g/mol. The van der Waals surface area contributed by atoms with Gasteiger partial charge in [0.1, 0.15) is 5.03 Å². The molecule has 0 aliphatic carbocycles. The van der Waals surface area contributed by atoms with E-state index in [4.69, 9.17) is 15.2 Å². The van der Waals surface area contributed by atoms with Gasteiger partial charge in [0.15, 0.2) is 0 Å². The van der Waals surface area contributed by atoms with Crippen LogP contribution in [0.2, 0.25) is 0 Å². The summed E-state index contributed by atoms with van der Waals surface area (Å²) in [6.07, 6.45) is 0. The summed E-state index contributed by atoms with van der Waals surface area (Å²) in [7, 11) is 1.56. The Bertz CT molecular complexity index is 330. The summed E-state index contributed by atoms with van der Waals surface area (Å²) in [5.74, 6) is 0.743. The van der Waals surface area contributed by atoms with Crippen molar-refractivity contribution in [3.05, 3.63) is 6.07 Å². The summed E-state index contributed by atoms with van der Waals surface area (Å²) < 4.78 is 10.1. The average Bonchev–Trinajstić information content (AvgIpc) is 2.10. The van der Waals surface area contributed by atoms with Gasteiger partial charge < -0.3 is 15.2 Å². The largest absolute Gasteiger partial charge is 0.481 e. The fourth-order valence-corrected chi connectivity index (χ4v) is 2.02. The van der Waals surface area contributed by atoms with Crippen molar-refractivity contribution in [3.63, 3.8) is 0 Å². The third-order valence-corrected chi connectivity index (χ3v) is 2.86. The van der Waals surface area contributed by atoms with E-state index in [2.05, 4.69) is 9.97 Å². The molecule has 1 aromatic heterocycles. The van der Waals surface area contributed by atoms with Gasteiger partial charge in [-0.1, -0.05) is 11.8 Å². The summed E-state index contributed by atoms with van der Waals surface area (Å²) in [5, 5.41) is 1.32. The number of nitrogens with zero attached hydrogens (tertiary/aromatic N) is 2. The quantitative estimate of drug-likeness (QED) is 0.740. The van der Waals surface area contributed by atoms with Crippen molar-refractivity contribution < 1.29 is 9.47 Å². The molecule has 6 heteroatoms. The van der Waals surface area contributed by atoms with Crippen LogP contribution in [0, 0.1) is 0 Å². The van der Waals surface area contributed by atoms with Crippen LogP contribution in [-0.2, 0) is 4.74 Å². The molecule has 0 saturated carbocycles. The number of ether oxygens (including phenoxy) is 2. The summed E-state index contributed by atoms with van der Waals surface area (Å²) in [6.45, 7) is 1.55. The maximum absolute atomic E-state index is 5.52. The highest BCUT2D eigenvalue weighted by molar-refractivity contribution is 8.00. The minimum Gasteiger partial charge on any atom is -0.481 e. The van der Waals surface area contributed by atoms with E-state index >= 15 is 0 Å². The molecule has 0 bridgehead atoms. The molecule has 76 valence electrons. The first-order valence-corrected chi connectivity index (χ1v) is 5.09. The van der Waals surface area contributed by atoms with Gasteiger partial charge in [-0.3, -0.25) is 0 Å². The first-order chi connectivity index (χ1) is 6.78. The molecule has 0 atom stereocenters. The molecule has 5 nitrogen and oxygen atoms in total. The van der Waals surface area contributed by atoms with Gasteiger partial charge in [0.2, 0.25) is 11.8 Å². The van der Waals surface area contributed by atoms with Crippen LogP contribution in [0.3, 0.4) is 0 Å². The van der Waals surface area contributed by atoms with Crippen molar-refractivity contribution in [1.29, 1.82) is 0 Å². The number of nitrogens with two attached hydrogens (primary N) is 1. The van der Waals surface area contributed by atoms with E-state index in [1.807, 2.05) is 0 Å². The van der Waals surface area contributed by atoms with Gasteiger partial charge in [-0.05, 0) is 0 Å². The lowest BCUT2D eigenvalue weighted by Crippen LogP contribution is -2.30. The smallest absolute Gasteiger partial charge is 0.224 e. The molecule has 0 radical (unpaired) electrons. The second-order valence-corrected chi connectivity index (χ2v) is 4.20. The Morgan fingerprint density at radius 3 is 2.93 bits per heavy atom. The molecule has 1 aliphatic heterocycles. The van der Waals surface area contributed by atoms with Crippen LogP contribution < -0.4 is 10.5 Å². The molecule has 2 N–H and O–H groups in total. The van der Waals surface area contributed by atoms with Gasteiger partial charge in [0.05, 0.1) is 25.6 Å². The monoisotopic (exact) mass is 213 g/mol. The molecule has 2 heterocycles. The Hall–Kier alpha value is -1.01. The summed E-state index contributed by atoms with van der Waals surface area (Å²) in [4.78, 5) is 8.00. The molecule has 1 saturated heterocycles. The van der Waals surface area contributed by atoms with Crippen LogP contribution in [0.4, 0.5) is 5.95 Å². The number of hydrogen-bond donors (Lipinski definition) is 1. The zero-order valence-electron chi connectivity index (χ0n) is 7.77. The highest BCUT2D eigenvalue weighted by atomic mass is 32.2. The predicted molar refractivity (Wildman–Crippen MR) is 53.5 cm³/mol. The number of anilines is 1. The molecule has 14 heavy (non-hydrogen) atoms. The number of hydrogen-bond acceptors (Lipinski definition) is 6. The summed E-state index contributed by atoms with van der Waals surface area (Å²) >= 11 is 1.64. The Kier molecular flexibility index (Phi) is 2.74. The minimum atomic E-state index is 0.243. The van der Waals surface area contributed by atoms with Crippen molar-refractivity contribution >= 4 is 17.7 Å². The molecule has 0 amide bonds. The van der Waals surface area contributed by atoms with Crippen molar-refractivity contribution in [1.82, 2.24) is 9.97 Å². The molecule has 0 aromatic carbocycles.